The molecule has 1 fully saturated rings. The summed E-state index contributed by atoms with van der Waals surface area (Å²) < 4.78 is 13.0. The van der Waals surface area contributed by atoms with Crippen LogP contribution < -0.4 is 10.1 Å². The largest absolute Gasteiger partial charge is 0.495 e. The van der Waals surface area contributed by atoms with Crippen LogP contribution in [0.15, 0.2) is 21.1 Å². The zero-order chi connectivity index (χ0) is 14.9. The highest BCUT2D eigenvalue weighted by Gasteiger charge is 2.48. The SMILES string of the molecule is COc1c(Br)cc(Br)cc1CNC1CC(OC)C1(C)C. The van der Waals surface area contributed by atoms with Gasteiger partial charge in [0.2, 0.25) is 0 Å². The van der Waals surface area contributed by atoms with E-state index < -0.39 is 0 Å². The second-order valence-electron chi connectivity index (χ2n) is 5.79. The molecule has 2 atom stereocenters. The molecule has 0 spiro atoms. The maximum Gasteiger partial charge on any atom is 0.137 e. The maximum atomic E-state index is 5.49. The zero-order valence-electron chi connectivity index (χ0n) is 12.3. The van der Waals surface area contributed by atoms with Crippen molar-refractivity contribution >= 4 is 31.9 Å². The predicted molar refractivity (Wildman–Crippen MR) is 88.2 cm³/mol. The van der Waals surface area contributed by atoms with Gasteiger partial charge in [0.05, 0.1) is 17.7 Å². The highest BCUT2D eigenvalue weighted by Crippen LogP contribution is 2.43. The van der Waals surface area contributed by atoms with E-state index in [1.165, 1.54) is 0 Å². The molecule has 0 bridgehead atoms. The normalized spacial score (nSPS) is 24.3. The van der Waals surface area contributed by atoms with Crippen LogP contribution in [0.3, 0.4) is 0 Å². The molecular weight excluding hydrogens is 386 g/mol. The van der Waals surface area contributed by atoms with Gasteiger partial charge in [-0.15, -0.1) is 0 Å². The van der Waals surface area contributed by atoms with Crippen LogP contribution in [-0.2, 0) is 11.3 Å². The third-order valence-corrected chi connectivity index (χ3v) is 5.34. The lowest BCUT2D eigenvalue weighted by atomic mass is 9.64. The van der Waals surface area contributed by atoms with Gasteiger partial charge in [0.25, 0.3) is 0 Å². The third-order valence-electron chi connectivity index (χ3n) is 4.29. The fraction of sp³-hybridized carbons (Fsp3) is 0.600. The molecule has 1 aliphatic rings. The maximum absolute atomic E-state index is 5.49. The van der Waals surface area contributed by atoms with Gasteiger partial charge in [-0.3, -0.25) is 0 Å². The lowest BCUT2D eigenvalue weighted by molar-refractivity contribution is -0.0979. The molecule has 0 heterocycles. The number of halogens is 2. The Labute approximate surface area is 137 Å². The van der Waals surface area contributed by atoms with E-state index in [1.54, 1.807) is 14.2 Å². The standard InChI is InChI=1S/C15H21Br2NO2/c1-15(2)12(7-13(15)19-3)18-8-9-5-10(16)6-11(17)14(9)20-4/h5-6,12-13,18H,7-8H2,1-4H3. The predicted octanol–water partition coefficient (Wildman–Crippen LogP) is 4.12. The number of benzene rings is 1. The lowest BCUT2D eigenvalue weighted by Crippen LogP contribution is -2.60. The minimum absolute atomic E-state index is 0.172. The summed E-state index contributed by atoms with van der Waals surface area (Å²) in [5.74, 6) is 0.890. The first-order chi connectivity index (χ1) is 9.40. The quantitative estimate of drug-likeness (QED) is 0.797. The Kier molecular flexibility index (Phi) is 5.16. The van der Waals surface area contributed by atoms with Crippen LogP contribution in [0.25, 0.3) is 0 Å². The van der Waals surface area contributed by atoms with Gasteiger partial charge in [-0.1, -0.05) is 29.8 Å². The fourth-order valence-corrected chi connectivity index (χ4v) is 4.31. The van der Waals surface area contributed by atoms with E-state index in [1.807, 2.05) is 6.07 Å². The molecule has 0 aliphatic heterocycles. The molecule has 5 heteroatoms. The summed E-state index contributed by atoms with van der Waals surface area (Å²) in [6.07, 6.45) is 1.40. The van der Waals surface area contributed by atoms with Crippen LogP contribution in [0.4, 0.5) is 0 Å². The average molecular weight is 407 g/mol. The summed E-state index contributed by atoms with van der Waals surface area (Å²) >= 11 is 7.06. The van der Waals surface area contributed by atoms with Crippen molar-refractivity contribution in [3.63, 3.8) is 0 Å². The molecule has 1 saturated carbocycles. The van der Waals surface area contributed by atoms with Crippen LogP contribution in [0.2, 0.25) is 0 Å². The Hall–Kier alpha value is -0.100. The van der Waals surface area contributed by atoms with E-state index in [-0.39, 0.29) is 5.41 Å². The van der Waals surface area contributed by atoms with E-state index in [0.29, 0.717) is 12.1 Å². The number of nitrogens with one attached hydrogen (secondary N) is 1. The average Bonchev–Trinajstić information content (AvgIpc) is 2.37. The van der Waals surface area contributed by atoms with Crippen molar-refractivity contribution in [1.82, 2.24) is 5.32 Å². The first kappa shape index (κ1) is 16.3. The highest BCUT2D eigenvalue weighted by molar-refractivity contribution is 9.11. The Balaban J connectivity index is 2.05. The number of methoxy groups -OCH3 is 2. The van der Waals surface area contributed by atoms with Gasteiger partial charge < -0.3 is 14.8 Å². The van der Waals surface area contributed by atoms with Gasteiger partial charge in [0.1, 0.15) is 5.75 Å². The minimum atomic E-state index is 0.172. The van der Waals surface area contributed by atoms with Crippen LogP contribution in [0.1, 0.15) is 25.8 Å². The first-order valence-electron chi connectivity index (χ1n) is 6.68. The van der Waals surface area contributed by atoms with E-state index in [2.05, 4.69) is 57.1 Å². The van der Waals surface area contributed by atoms with Crippen molar-refractivity contribution in [3.05, 3.63) is 26.6 Å². The second-order valence-corrected chi connectivity index (χ2v) is 7.56. The molecule has 0 amide bonds. The summed E-state index contributed by atoms with van der Waals surface area (Å²) in [7, 11) is 3.49. The second kappa shape index (κ2) is 6.34. The van der Waals surface area contributed by atoms with E-state index in [4.69, 9.17) is 9.47 Å². The van der Waals surface area contributed by atoms with Crippen LogP contribution in [0, 0.1) is 5.41 Å². The number of rotatable bonds is 5. The van der Waals surface area contributed by atoms with Crippen molar-refractivity contribution in [3.8, 4) is 5.75 Å². The molecule has 3 nitrogen and oxygen atoms in total. The van der Waals surface area contributed by atoms with Crippen LogP contribution in [0.5, 0.6) is 5.75 Å². The Bertz CT molecular complexity index is 491. The smallest absolute Gasteiger partial charge is 0.137 e. The summed E-state index contributed by atoms with van der Waals surface area (Å²) in [5.41, 5.74) is 1.32. The molecular formula is C15H21Br2NO2. The lowest BCUT2D eigenvalue weighted by Gasteiger charge is -2.51. The van der Waals surface area contributed by atoms with Crippen LogP contribution in [-0.4, -0.2) is 26.4 Å². The summed E-state index contributed by atoms with van der Waals surface area (Å²) in [5, 5.41) is 3.62. The third kappa shape index (κ3) is 3.06. The van der Waals surface area contributed by atoms with Crippen LogP contribution >= 0.6 is 31.9 Å². The topological polar surface area (TPSA) is 30.5 Å². The van der Waals surface area contributed by atoms with E-state index in [0.717, 1.165) is 33.2 Å². The van der Waals surface area contributed by atoms with Crippen molar-refractivity contribution < 1.29 is 9.47 Å². The molecule has 1 aromatic rings. The van der Waals surface area contributed by atoms with Gasteiger partial charge in [-0.2, -0.15) is 0 Å². The van der Waals surface area contributed by atoms with Gasteiger partial charge in [-0.05, 0) is 34.5 Å². The first-order valence-corrected chi connectivity index (χ1v) is 8.26. The van der Waals surface area contributed by atoms with E-state index >= 15 is 0 Å². The van der Waals surface area contributed by atoms with Gasteiger partial charge in [0.15, 0.2) is 0 Å². The number of hydrogen-bond donors (Lipinski definition) is 1. The molecule has 1 aromatic carbocycles. The van der Waals surface area contributed by atoms with Crippen molar-refractivity contribution in [2.24, 2.45) is 5.41 Å². The molecule has 0 aromatic heterocycles. The molecule has 0 radical (unpaired) electrons. The molecule has 2 unspecified atom stereocenters. The van der Waals surface area contributed by atoms with Gasteiger partial charge in [0, 0.05) is 35.1 Å². The summed E-state index contributed by atoms with van der Waals surface area (Å²) in [4.78, 5) is 0. The molecule has 112 valence electrons. The van der Waals surface area contributed by atoms with Gasteiger partial charge >= 0.3 is 0 Å². The monoisotopic (exact) mass is 405 g/mol. The Morgan fingerprint density at radius 1 is 1.30 bits per heavy atom. The van der Waals surface area contributed by atoms with Crippen molar-refractivity contribution in [2.45, 2.75) is 39.0 Å². The number of hydrogen-bond acceptors (Lipinski definition) is 3. The number of ether oxygens (including phenoxy) is 2. The summed E-state index contributed by atoms with van der Waals surface area (Å²) in [6, 6.07) is 4.56. The minimum Gasteiger partial charge on any atom is -0.495 e. The zero-order valence-corrected chi connectivity index (χ0v) is 15.5. The molecule has 1 N–H and O–H groups in total. The fourth-order valence-electron chi connectivity index (χ4n) is 2.84. The van der Waals surface area contributed by atoms with Crippen molar-refractivity contribution in [1.29, 1.82) is 0 Å². The Morgan fingerprint density at radius 2 is 2.00 bits per heavy atom. The van der Waals surface area contributed by atoms with E-state index in [9.17, 15) is 0 Å². The molecule has 20 heavy (non-hydrogen) atoms. The molecule has 1 aliphatic carbocycles. The highest BCUT2D eigenvalue weighted by atomic mass is 79.9. The molecule has 2 rings (SSSR count). The Morgan fingerprint density at radius 3 is 2.55 bits per heavy atom. The van der Waals surface area contributed by atoms with Gasteiger partial charge in [-0.25, -0.2) is 0 Å². The van der Waals surface area contributed by atoms with Crippen molar-refractivity contribution in [2.75, 3.05) is 14.2 Å². The summed E-state index contributed by atoms with van der Waals surface area (Å²) in [6.45, 7) is 5.28. The molecule has 0 saturated heterocycles.